The molecule has 3 aromatic rings. The Balaban J connectivity index is 1.52. The molecule has 2 atom stereocenters. The lowest BCUT2D eigenvalue weighted by Gasteiger charge is -2.36. The van der Waals surface area contributed by atoms with Crippen LogP contribution in [0.25, 0.3) is 0 Å². The molecule has 182 valence electrons. The molecule has 5 rings (SSSR count). The summed E-state index contributed by atoms with van der Waals surface area (Å²) in [7, 11) is 1.64. The summed E-state index contributed by atoms with van der Waals surface area (Å²) in [6.07, 6.45) is 4.39. The second kappa shape index (κ2) is 9.77. The lowest BCUT2D eigenvalue weighted by molar-refractivity contribution is -0.116. The zero-order valence-electron chi connectivity index (χ0n) is 20.5. The van der Waals surface area contributed by atoms with Gasteiger partial charge in [0.15, 0.2) is 5.78 Å². The van der Waals surface area contributed by atoms with E-state index in [9.17, 15) is 9.59 Å². The van der Waals surface area contributed by atoms with Crippen molar-refractivity contribution in [2.45, 2.75) is 38.5 Å². The average Bonchev–Trinajstić information content (AvgIpc) is 2.88. The molecule has 0 spiro atoms. The van der Waals surface area contributed by atoms with Crippen LogP contribution < -0.4 is 15.4 Å². The number of carbonyl (C=O) groups is 2. The molecule has 0 fully saturated rings. The number of ketones is 1. The highest BCUT2D eigenvalue weighted by Crippen LogP contribution is 2.45. The Hall–Kier alpha value is -4.26. The predicted octanol–water partition coefficient (Wildman–Crippen LogP) is 4.79. The van der Waals surface area contributed by atoms with E-state index >= 15 is 0 Å². The van der Waals surface area contributed by atoms with Crippen molar-refractivity contribution in [1.82, 2.24) is 15.3 Å². The minimum atomic E-state index is -0.559. The third-order valence-corrected chi connectivity index (χ3v) is 6.80. The molecule has 7 nitrogen and oxygen atoms in total. The van der Waals surface area contributed by atoms with E-state index in [0.717, 1.165) is 22.6 Å². The number of carbonyl (C=O) groups excluding carboxylic acids is 2. The highest BCUT2D eigenvalue weighted by atomic mass is 16.5. The van der Waals surface area contributed by atoms with E-state index in [0.29, 0.717) is 41.2 Å². The number of dihydropyridines is 1. The number of rotatable bonds is 5. The highest BCUT2D eigenvalue weighted by molar-refractivity contribution is 6.09. The maximum absolute atomic E-state index is 13.7. The summed E-state index contributed by atoms with van der Waals surface area (Å²) in [5, 5.41) is 6.32. The third-order valence-electron chi connectivity index (χ3n) is 6.80. The quantitative estimate of drug-likeness (QED) is 0.545. The molecular weight excluding hydrogens is 452 g/mol. The first-order chi connectivity index (χ1) is 17.4. The van der Waals surface area contributed by atoms with Gasteiger partial charge < -0.3 is 15.4 Å². The SMILES string of the molecule is COc1ccc(C2CC(=O)C3=C(C2)NC(C)=C(C(=O)Nc2cc(C)ccn2)C3c2ccccn2)cc1. The predicted molar refractivity (Wildman–Crippen MR) is 137 cm³/mol. The number of amides is 1. The van der Waals surface area contributed by atoms with Gasteiger partial charge in [-0.25, -0.2) is 4.98 Å². The number of methoxy groups -OCH3 is 1. The molecule has 3 heterocycles. The van der Waals surface area contributed by atoms with Crippen LogP contribution >= 0.6 is 0 Å². The molecule has 2 N–H and O–H groups in total. The molecule has 7 heteroatoms. The molecule has 2 aromatic heterocycles. The number of aryl methyl sites for hydroxylation is 1. The lowest BCUT2D eigenvalue weighted by Crippen LogP contribution is -2.37. The summed E-state index contributed by atoms with van der Waals surface area (Å²) in [6, 6.07) is 17.1. The topological polar surface area (TPSA) is 93.2 Å². The van der Waals surface area contributed by atoms with Crippen LogP contribution in [0.3, 0.4) is 0 Å². The Morgan fingerprint density at radius 1 is 1.03 bits per heavy atom. The van der Waals surface area contributed by atoms with Crippen LogP contribution in [0.2, 0.25) is 0 Å². The van der Waals surface area contributed by atoms with Crippen molar-refractivity contribution >= 4 is 17.5 Å². The standard InChI is InChI=1S/C29H28N4O3/c1-17-11-13-31-25(14-17)33-29(35)26-18(2)32-23-15-20(19-7-9-21(36-3)10-8-19)16-24(34)27(23)28(26)22-6-4-5-12-30-22/h4-14,20,28,32H,15-16H2,1-3H3,(H,31,33,35). The largest absolute Gasteiger partial charge is 0.497 e. The Morgan fingerprint density at radius 2 is 1.83 bits per heavy atom. The minimum absolute atomic E-state index is 0.0201. The first kappa shape index (κ1) is 23.5. The summed E-state index contributed by atoms with van der Waals surface area (Å²) in [4.78, 5) is 36.1. The Labute approximate surface area is 210 Å². The fourth-order valence-electron chi connectivity index (χ4n) is 5.08. The number of pyridine rings is 2. The zero-order chi connectivity index (χ0) is 25.2. The number of hydrogen-bond acceptors (Lipinski definition) is 6. The monoisotopic (exact) mass is 480 g/mol. The molecule has 0 saturated heterocycles. The molecule has 2 aliphatic rings. The first-order valence-corrected chi connectivity index (χ1v) is 12.0. The second-order valence-corrected chi connectivity index (χ2v) is 9.22. The highest BCUT2D eigenvalue weighted by Gasteiger charge is 2.41. The number of nitrogens with one attached hydrogen (secondary N) is 2. The summed E-state index contributed by atoms with van der Waals surface area (Å²) < 4.78 is 5.28. The molecule has 0 bridgehead atoms. The van der Waals surface area contributed by atoms with E-state index in [4.69, 9.17) is 4.74 Å². The number of hydrogen-bond donors (Lipinski definition) is 2. The van der Waals surface area contributed by atoms with E-state index in [2.05, 4.69) is 20.6 Å². The Kier molecular flexibility index (Phi) is 6.38. The fourth-order valence-corrected chi connectivity index (χ4v) is 5.08. The molecular formula is C29H28N4O3. The van der Waals surface area contributed by atoms with Crippen molar-refractivity contribution in [1.29, 1.82) is 0 Å². The van der Waals surface area contributed by atoms with Gasteiger partial charge in [-0.1, -0.05) is 18.2 Å². The normalized spacial score (nSPS) is 19.5. The average molecular weight is 481 g/mol. The number of Topliss-reactive ketones (excluding diaryl/α,β-unsaturated/α-hetero) is 1. The molecule has 36 heavy (non-hydrogen) atoms. The molecule has 0 saturated carbocycles. The molecule has 1 amide bonds. The Bertz CT molecular complexity index is 1380. The van der Waals surface area contributed by atoms with Crippen LogP contribution in [0.1, 0.15) is 48.4 Å². The van der Waals surface area contributed by atoms with Crippen LogP contribution in [0, 0.1) is 6.92 Å². The van der Waals surface area contributed by atoms with Crippen molar-refractivity contribution in [3.63, 3.8) is 0 Å². The van der Waals surface area contributed by atoms with Crippen LogP contribution in [0.15, 0.2) is 89.5 Å². The third kappa shape index (κ3) is 4.52. The van der Waals surface area contributed by atoms with Crippen LogP contribution in [-0.2, 0) is 9.59 Å². The van der Waals surface area contributed by atoms with Gasteiger partial charge in [-0.3, -0.25) is 14.6 Å². The van der Waals surface area contributed by atoms with Gasteiger partial charge in [-0.15, -0.1) is 0 Å². The van der Waals surface area contributed by atoms with Gasteiger partial charge in [0.2, 0.25) is 0 Å². The first-order valence-electron chi connectivity index (χ1n) is 12.0. The smallest absolute Gasteiger partial charge is 0.255 e. The van der Waals surface area contributed by atoms with Crippen LogP contribution in [0.5, 0.6) is 5.75 Å². The van der Waals surface area contributed by atoms with Gasteiger partial charge in [-0.05, 0) is 73.7 Å². The summed E-state index contributed by atoms with van der Waals surface area (Å²) >= 11 is 0. The number of ether oxygens (including phenoxy) is 1. The van der Waals surface area contributed by atoms with Gasteiger partial charge in [0.25, 0.3) is 5.91 Å². The fraction of sp³-hybridized carbons (Fsp3) is 0.241. The van der Waals surface area contributed by atoms with E-state index in [-0.39, 0.29) is 17.6 Å². The zero-order valence-corrected chi connectivity index (χ0v) is 20.5. The van der Waals surface area contributed by atoms with Gasteiger partial charge in [-0.2, -0.15) is 0 Å². The number of benzene rings is 1. The summed E-state index contributed by atoms with van der Waals surface area (Å²) in [6.45, 7) is 3.82. The van der Waals surface area contributed by atoms with Gasteiger partial charge in [0.05, 0.1) is 18.7 Å². The molecule has 1 aliphatic heterocycles. The van der Waals surface area contributed by atoms with Crippen molar-refractivity contribution in [3.8, 4) is 5.75 Å². The van der Waals surface area contributed by atoms with Crippen LogP contribution in [-0.4, -0.2) is 28.8 Å². The van der Waals surface area contributed by atoms with E-state index in [1.54, 1.807) is 19.5 Å². The summed E-state index contributed by atoms with van der Waals surface area (Å²) in [5.41, 5.74) is 5.40. The molecule has 1 aromatic carbocycles. The molecule has 1 aliphatic carbocycles. The maximum atomic E-state index is 13.7. The van der Waals surface area contributed by atoms with Gasteiger partial charge >= 0.3 is 0 Å². The minimum Gasteiger partial charge on any atom is -0.497 e. The van der Waals surface area contributed by atoms with Crippen molar-refractivity contribution in [2.24, 2.45) is 0 Å². The summed E-state index contributed by atoms with van der Waals surface area (Å²) in [5.74, 6) is 0.450. The van der Waals surface area contributed by atoms with Gasteiger partial charge in [0.1, 0.15) is 11.6 Å². The van der Waals surface area contributed by atoms with Crippen molar-refractivity contribution in [2.75, 3.05) is 12.4 Å². The van der Waals surface area contributed by atoms with E-state index in [1.165, 1.54) is 0 Å². The molecule has 2 unspecified atom stereocenters. The number of nitrogens with zero attached hydrogens (tertiary/aromatic N) is 2. The van der Waals surface area contributed by atoms with E-state index < -0.39 is 5.92 Å². The van der Waals surface area contributed by atoms with Crippen molar-refractivity contribution < 1.29 is 14.3 Å². The molecule has 0 radical (unpaired) electrons. The number of allylic oxidation sites excluding steroid dienone is 3. The lowest BCUT2D eigenvalue weighted by atomic mass is 9.72. The maximum Gasteiger partial charge on any atom is 0.255 e. The van der Waals surface area contributed by atoms with E-state index in [1.807, 2.05) is 68.4 Å². The number of aromatic nitrogens is 2. The second-order valence-electron chi connectivity index (χ2n) is 9.22. The van der Waals surface area contributed by atoms with Crippen LogP contribution in [0.4, 0.5) is 5.82 Å². The number of anilines is 1. The Morgan fingerprint density at radius 3 is 2.53 bits per heavy atom. The van der Waals surface area contributed by atoms with Gasteiger partial charge in [0, 0.05) is 41.4 Å². The van der Waals surface area contributed by atoms with Crippen molar-refractivity contribution in [3.05, 3.63) is 106 Å².